The molecule has 0 saturated carbocycles. The maximum Gasteiger partial charge on any atom is 0.178 e. The number of aliphatic imine (C=N–C) groups is 1. The molecule has 1 aromatic heterocycles. The van der Waals surface area contributed by atoms with Crippen LogP contribution in [-0.2, 0) is 0 Å². The molecule has 2 aromatic carbocycles. The van der Waals surface area contributed by atoms with Gasteiger partial charge in [-0.05, 0) is 30.3 Å². The van der Waals surface area contributed by atoms with Gasteiger partial charge in [-0.2, -0.15) is 0 Å². The molecule has 3 aromatic rings. The van der Waals surface area contributed by atoms with Crippen molar-refractivity contribution in [1.82, 2.24) is 10.1 Å². The Morgan fingerprint density at radius 1 is 1.14 bits per heavy atom. The number of halogens is 3. The molecule has 1 N–H and O–H groups in total. The molecule has 1 unspecified atom stereocenters. The van der Waals surface area contributed by atoms with Crippen LogP contribution in [0, 0.1) is 11.6 Å². The Morgan fingerprint density at radius 2 is 1.93 bits per heavy atom. The monoisotopic (exact) mass is 401 g/mol. The Kier molecular flexibility index (Phi) is 4.93. The van der Waals surface area contributed by atoms with Crippen molar-refractivity contribution in [2.24, 2.45) is 4.99 Å². The Hall–Kier alpha value is -3.03. The average Bonchev–Trinajstić information content (AvgIpc) is 3.13. The van der Waals surface area contributed by atoms with E-state index in [1.54, 1.807) is 42.8 Å². The van der Waals surface area contributed by atoms with Gasteiger partial charge in [-0.25, -0.2) is 8.78 Å². The normalized spacial score (nSPS) is 14.5. The highest BCUT2D eigenvalue weighted by Gasteiger charge is 2.29. The maximum atomic E-state index is 14.4. The van der Waals surface area contributed by atoms with Crippen LogP contribution in [0.5, 0.6) is 0 Å². The number of allylic oxidation sites excluding steroid dienone is 1. The average molecular weight is 402 g/mol. The van der Waals surface area contributed by atoms with E-state index in [2.05, 4.69) is 10.1 Å². The molecule has 0 amide bonds. The summed E-state index contributed by atoms with van der Waals surface area (Å²) in [6.45, 7) is 0.203. The van der Waals surface area contributed by atoms with Crippen molar-refractivity contribution in [3.63, 3.8) is 0 Å². The summed E-state index contributed by atoms with van der Waals surface area (Å²) in [6.07, 6.45) is 3.71. The highest BCUT2D eigenvalue weighted by Crippen LogP contribution is 2.39. The molecule has 0 fully saturated rings. The molecule has 1 atom stereocenters. The van der Waals surface area contributed by atoms with Crippen LogP contribution in [0.25, 0.3) is 22.6 Å². The molecule has 0 bridgehead atoms. The van der Waals surface area contributed by atoms with Gasteiger partial charge in [-0.1, -0.05) is 28.9 Å². The summed E-state index contributed by atoms with van der Waals surface area (Å²) >= 11 is 5.95. The summed E-state index contributed by atoms with van der Waals surface area (Å²) in [7, 11) is 0. The van der Waals surface area contributed by atoms with E-state index in [1.165, 1.54) is 11.0 Å². The van der Waals surface area contributed by atoms with Gasteiger partial charge >= 0.3 is 0 Å². The summed E-state index contributed by atoms with van der Waals surface area (Å²) in [5.41, 5.74) is 1.19. The predicted octanol–water partition coefficient (Wildman–Crippen LogP) is 4.79. The zero-order valence-corrected chi connectivity index (χ0v) is 15.1. The minimum atomic E-state index is -1.22. The number of aliphatic hydroxyl groups excluding tert-OH is 1. The van der Waals surface area contributed by atoms with Crippen molar-refractivity contribution in [2.75, 3.05) is 6.67 Å². The van der Waals surface area contributed by atoms with Crippen LogP contribution in [-0.4, -0.2) is 28.0 Å². The Labute approximate surface area is 164 Å². The summed E-state index contributed by atoms with van der Waals surface area (Å²) < 4.78 is 33.2. The molecule has 1 aliphatic rings. The molecule has 2 heterocycles. The number of hydrogen-bond donors (Lipinski definition) is 1. The van der Waals surface area contributed by atoms with Gasteiger partial charge in [0, 0.05) is 29.1 Å². The summed E-state index contributed by atoms with van der Waals surface area (Å²) in [6, 6.07) is 9.88. The number of aromatic nitrogens is 1. The smallest absolute Gasteiger partial charge is 0.178 e. The molecular weight excluding hydrogens is 388 g/mol. The second-order valence-corrected chi connectivity index (χ2v) is 6.54. The third-order valence-corrected chi connectivity index (χ3v) is 4.56. The first-order valence-electron chi connectivity index (χ1n) is 8.36. The van der Waals surface area contributed by atoms with E-state index >= 15 is 0 Å². The summed E-state index contributed by atoms with van der Waals surface area (Å²) in [5.74, 6) is -1.52. The van der Waals surface area contributed by atoms with Crippen molar-refractivity contribution in [3.8, 4) is 22.6 Å². The number of nitrogens with zero attached hydrogens (tertiary/aromatic N) is 3. The van der Waals surface area contributed by atoms with E-state index in [9.17, 15) is 13.9 Å². The quantitative estimate of drug-likeness (QED) is 0.682. The van der Waals surface area contributed by atoms with Crippen LogP contribution in [0.2, 0.25) is 5.02 Å². The largest absolute Gasteiger partial charge is 0.369 e. The number of hydrogen-bond acceptors (Lipinski definition) is 5. The van der Waals surface area contributed by atoms with Crippen molar-refractivity contribution >= 4 is 17.8 Å². The molecule has 28 heavy (non-hydrogen) atoms. The van der Waals surface area contributed by atoms with Gasteiger partial charge < -0.3 is 14.5 Å². The summed E-state index contributed by atoms with van der Waals surface area (Å²) in [5, 5.41) is 15.6. The first-order valence-corrected chi connectivity index (χ1v) is 8.74. The van der Waals surface area contributed by atoms with E-state index in [-0.39, 0.29) is 23.6 Å². The minimum Gasteiger partial charge on any atom is -0.369 e. The van der Waals surface area contributed by atoms with Gasteiger partial charge in [0.25, 0.3) is 0 Å². The van der Waals surface area contributed by atoms with Crippen molar-refractivity contribution in [2.45, 2.75) is 6.23 Å². The van der Waals surface area contributed by atoms with Gasteiger partial charge in [0.2, 0.25) is 0 Å². The fourth-order valence-electron chi connectivity index (χ4n) is 2.94. The number of benzene rings is 2. The van der Waals surface area contributed by atoms with Gasteiger partial charge in [-0.3, -0.25) is 4.99 Å². The molecule has 4 rings (SSSR count). The molecule has 8 heteroatoms. The number of aliphatic hydroxyl groups is 1. The lowest BCUT2D eigenvalue weighted by Gasteiger charge is -2.26. The fourth-order valence-corrected chi connectivity index (χ4v) is 3.07. The van der Waals surface area contributed by atoms with E-state index < -0.39 is 17.9 Å². The van der Waals surface area contributed by atoms with Crippen molar-refractivity contribution in [1.29, 1.82) is 0 Å². The topological polar surface area (TPSA) is 61.9 Å². The van der Waals surface area contributed by atoms with E-state index in [0.717, 1.165) is 12.1 Å². The van der Waals surface area contributed by atoms with Gasteiger partial charge in [0.15, 0.2) is 12.0 Å². The zero-order valence-electron chi connectivity index (χ0n) is 14.4. The van der Waals surface area contributed by atoms with E-state index in [0.29, 0.717) is 16.3 Å². The van der Waals surface area contributed by atoms with E-state index in [4.69, 9.17) is 16.1 Å². The molecule has 142 valence electrons. The summed E-state index contributed by atoms with van der Waals surface area (Å²) in [4.78, 5) is 5.64. The minimum absolute atomic E-state index is 0.00680. The van der Waals surface area contributed by atoms with Crippen LogP contribution in [0.3, 0.4) is 0 Å². The van der Waals surface area contributed by atoms with Gasteiger partial charge in [0.05, 0.1) is 11.1 Å². The predicted molar refractivity (Wildman–Crippen MR) is 102 cm³/mol. The second-order valence-electron chi connectivity index (χ2n) is 6.11. The maximum absolute atomic E-state index is 14.4. The van der Waals surface area contributed by atoms with Crippen LogP contribution < -0.4 is 0 Å². The molecule has 0 aliphatic carbocycles. The lowest BCUT2D eigenvalue weighted by Crippen LogP contribution is -2.25. The standard InChI is InChI=1S/C20H14ClF2N3O2/c21-13-4-2-12(3-5-13)18-17(20(27)26-9-1-8-24-11-26)19(28-25-18)15-7-6-14(22)10-16(15)23/h1-10,20,27H,11H2. The fraction of sp³-hybridized carbons (Fsp3) is 0.100. The lowest BCUT2D eigenvalue weighted by molar-refractivity contribution is 0.0386. The van der Waals surface area contributed by atoms with Crippen LogP contribution >= 0.6 is 11.6 Å². The van der Waals surface area contributed by atoms with Gasteiger partial charge in [0.1, 0.15) is 24.0 Å². The second kappa shape index (κ2) is 7.53. The Morgan fingerprint density at radius 3 is 2.61 bits per heavy atom. The Bertz CT molecular complexity index is 1060. The van der Waals surface area contributed by atoms with Crippen LogP contribution in [0.15, 0.2) is 64.3 Å². The molecule has 5 nitrogen and oxygen atoms in total. The molecule has 0 saturated heterocycles. The number of rotatable bonds is 4. The third kappa shape index (κ3) is 3.42. The first kappa shape index (κ1) is 18.3. The van der Waals surface area contributed by atoms with Gasteiger partial charge in [-0.15, -0.1) is 0 Å². The van der Waals surface area contributed by atoms with Crippen molar-refractivity contribution in [3.05, 3.63) is 77.0 Å². The van der Waals surface area contributed by atoms with E-state index in [1.807, 2.05) is 0 Å². The Balaban J connectivity index is 1.87. The van der Waals surface area contributed by atoms with Crippen LogP contribution in [0.1, 0.15) is 11.8 Å². The lowest BCUT2D eigenvalue weighted by atomic mass is 10.00. The van der Waals surface area contributed by atoms with Crippen molar-refractivity contribution < 1.29 is 18.4 Å². The SMILES string of the molecule is OC(c1c(-c2ccc(Cl)cc2)noc1-c1ccc(F)cc1F)N1C=CC=NC1. The molecule has 0 spiro atoms. The molecule has 1 aliphatic heterocycles. The van der Waals surface area contributed by atoms with Crippen LogP contribution in [0.4, 0.5) is 8.78 Å². The first-order chi connectivity index (χ1) is 13.5. The molecular formula is C20H14ClF2N3O2. The molecule has 0 radical (unpaired) electrons. The highest BCUT2D eigenvalue weighted by molar-refractivity contribution is 6.30. The zero-order chi connectivity index (χ0) is 19.7. The third-order valence-electron chi connectivity index (χ3n) is 4.31. The highest BCUT2D eigenvalue weighted by atomic mass is 35.5.